The topological polar surface area (TPSA) is 0 Å². The summed E-state index contributed by atoms with van der Waals surface area (Å²) in [5, 5.41) is 0. The molecule has 0 heterocycles. The molecule has 2 aliphatic rings. The predicted molar refractivity (Wildman–Crippen MR) is 90.6 cm³/mol. The van der Waals surface area contributed by atoms with Crippen molar-refractivity contribution >= 4 is 15.9 Å². The van der Waals surface area contributed by atoms with Crippen molar-refractivity contribution in [1.29, 1.82) is 0 Å². The lowest BCUT2D eigenvalue weighted by molar-refractivity contribution is 0.579. The van der Waals surface area contributed by atoms with Gasteiger partial charge in [-0.05, 0) is 72.1 Å². The SMILES string of the molecule is CCc1cc(CC)c(C(Br)C2C3CCCC32)c(CC)c1. The van der Waals surface area contributed by atoms with Gasteiger partial charge in [0.15, 0.2) is 0 Å². The fourth-order valence-corrected chi connectivity index (χ4v) is 5.87. The number of fused-ring (bicyclic) bond motifs is 1. The van der Waals surface area contributed by atoms with Gasteiger partial charge in [0.05, 0.1) is 0 Å². The average Bonchev–Trinajstić information content (AvgIpc) is 2.97. The average molecular weight is 335 g/mol. The third-order valence-electron chi connectivity index (χ3n) is 5.67. The maximum absolute atomic E-state index is 4.10. The van der Waals surface area contributed by atoms with Gasteiger partial charge in [-0.2, -0.15) is 0 Å². The number of aryl methyl sites for hydroxylation is 3. The van der Waals surface area contributed by atoms with E-state index in [1.165, 1.54) is 37.7 Å². The van der Waals surface area contributed by atoms with Gasteiger partial charge in [-0.3, -0.25) is 0 Å². The standard InChI is InChI=1S/C19H27Br/c1-4-12-10-13(5-2)17(14(6-3)11-12)19(20)18-15-8-7-9-16(15)18/h10-11,15-16,18-19H,4-9H2,1-3H3. The highest BCUT2D eigenvalue weighted by molar-refractivity contribution is 9.09. The van der Waals surface area contributed by atoms with E-state index in [0.717, 1.165) is 24.2 Å². The van der Waals surface area contributed by atoms with E-state index in [-0.39, 0.29) is 0 Å². The van der Waals surface area contributed by atoms with Gasteiger partial charge < -0.3 is 0 Å². The van der Waals surface area contributed by atoms with Crippen LogP contribution in [0.3, 0.4) is 0 Å². The lowest BCUT2D eigenvalue weighted by Crippen LogP contribution is -2.07. The first kappa shape index (κ1) is 14.6. The summed E-state index contributed by atoms with van der Waals surface area (Å²) >= 11 is 4.10. The fraction of sp³-hybridized carbons (Fsp3) is 0.684. The Labute approximate surface area is 132 Å². The Kier molecular flexibility index (Phi) is 4.26. The van der Waals surface area contributed by atoms with E-state index >= 15 is 0 Å². The number of benzene rings is 1. The smallest absolute Gasteiger partial charge is 0.0434 e. The molecule has 0 amide bonds. The molecular formula is C19H27Br. The van der Waals surface area contributed by atoms with Crippen molar-refractivity contribution in [3.8, 4) is 0 Å². The number of alkyl halides is 1. The summed E-state index contributed by atoms with van der Waals surface area (Å²) in [4.78, 5) is 0.605. The normalized spacial score (nSPS) is 29.3. The van der Waals surface area contributed by atoms with Crippen LogP contribution in [-0.4, -0.2) is 0 Å². The summed E-state index contributed by atoms with van der Waals surface area (Å²) in [7, 11) is 0. The van der Waals surface area contributed by atoms with E-state index in [1.54, 1.807) is 16.7 Å². The Morgan fingerprint density at radius 2 is 1.55 bits per heavy atom. The summed E-state index contributed by atoms with van der Waals surface area (Å²) in [6.07, 6.45) is 7.92. The summed E-state index contributed by atoms with van der Waals surface area (Å²) in [6, 6.07) is 4.92. The lowest BCUT2D eigenvalue weighted by Gasteiger charge is -2.21. The van der Waals surface area contributed by atoms with Crippen LogP contribution >= 0.6 is 15.9 Å². The zero-order valence-electron chi connectivity index (χ0n) is 13.1. The second-order valence-electron chi connectivity index (χ2n) is 6.63. The fourth-order valence-electron chi connectivity index (χ4n) is 4.50. The van der Waals surface area contributed by atoms with E-state index < -0.39 is 0 Å². The molecule has 2 fully saturated rings. The molecule has 1 aromatic carbocycles. The van der Waals surface area contributed by atoms with E-state index in [9.17, 15) is 0 Å². The van der Waals surface area contributed by atoms with Crippen molar-refractivity contribution in [3.05, 3.63) is 34.4 Å². The first-order valence-electron chi connectivity index (χ1n) is 8.49. The number of rotatable bonds is 5. The van der Waals surface area contributed by atoms with Crippen molar-refractivity contribution in [2.24, 2.45) is 17.8 Å². The van der Waals surface area contributed by atoms with E-state index in [2.05, 4.69) is 48.8 Å². The number of hydrogen-bond donors (Lipinski definition) is 0. The molecule has 110 valence electrons. The van der Waals surface area contributed by atoms with Gasteiger partial charge in [-0.1, -0.05) is 55.3 Å². The minimum Gasteiger partial charge on any atom is -0.0835 e. The van der Waals surface area contributed by atoms with Crippen molar-refractivity contribution < 1.29 is 0 Å². The molecule has 3 atom stereocenters. The van der Waals surface area contributed by atoms with Gasteiger partial charge in [0.25, 0.3) is 0 Å². The Bertz CT molecular complexity index is 456. The Hall–Kier alpha value is -0.300. The van der Waals surface area contributed by atoms with E-state index in [4.69, 9.17) is 0 Å². The van der Waals surface area contributed by atoms with Crippen molar-refractivity contribution in [1.82, 2.24) is 0 Å². The molecule has 1 aromatic rings. The van der Waals surface area contributed by atoms with Gasteiger partial charge in [-0.15, -0.1) is 0 Å². The summed E-state index contributed by atoms with van der Waals surface area (Å²) in [5.74, 6) is 2.98. The molecule has 3 rings (SSSR count). The quantitative estimate of drug-likeness (QED) is 0.592. The molecule has 0 aromatic heterocycles. The molecule has 0 aliphatic heterocycles. The van der Waals surface area contributed by atoms with Crippen molar-refractivity contribution in [3.63, 3.8) is 0 Å². The third-order valence-corrected chi connectivity index (χ3v) is 6.74. The maximum atomic E-state index is 4.10. The molecule has 0 nitrogen and oxygen atoms in total. The summed E-state index contributed by atoms with van der Waals surface area (Å²) < 4.78 is 0. The van der Waals surface area contributed by atoms with Crippen molar-refractivity contribution in [2.75, 3.05) is 0 Å². The minimum atomic E-state index is 0.605. The molecule has 0 radical (unpaired) electrons. The van der Waals surface area contributed by atoms with Crippen molar-refractivity contribution in [2.45, 2.75) is 64.1 Å². The second kappa shape index (κ2) is 5.83. The molecular weight excluding hydrogens is 308 g/mol. The Morgan fingerprint density at radius 1 is 1.00 bits per heavy atom. The Balaban J connectivity index is 1.94. The lowest BCUT2D eigenvalue weighted by atomic mass is 9.89. The van der Waals surface area contributed by atoms with Crippen LogP contribution in [0.5, 0.6) is 0 Å². The molecule has 0 spiro atoms. The first-order valence-corrected chi connectivity index (χ1v) is 9.41. The summed E-state index contributed by atoms with van der Waals surface area (Å²) in [6.45, 7) is 6.89. The van der Waals surface area contributed by atoms with Crippen LogP contribution in [0.4, 0.5) is 0 Å². The van der Waals surface area contributed by atoms with Crippen LogP contribution in [-0.2, 0) is 19.3 Å². The zero-order valence-corrected chi connectivity index (χ0v) is 14.7. The minimum absolute atomic E-state index is 0.605. The van der Waals surface area contributed by atoms with Gasteiger partial charge in [0.1, 0.15) is 0 Å². The van der Waals surface area contributed by atoms with Crippen LogP contribution in [0.2, 0.25) is 0 Å². The molecule has 1 heteroatoms. The first-order chi connectivity index (χ1) is 9.71. The second-order valence-corrected chi connectivity index (χ2v) is 7.61. The number of hydrogen-bond acceptors (Lipinski definition) is 0. The molecule has 3 unspecified atom stereocenters. The zero-order chi connectivity index (χ0) is 14.3. The van der Waals surface area contributed by atoms with Gasteiger partial charge in [-0.25, -0.2) is 0 Å². The molecule has 0 N–H and O–H groups in total. The van der Waals surface area contributed by atoms with Crippen LogP contribution in [0.15, 0.2) is 12.1 Å². The van der Waals surface area contributed by atoms with Crippen LogP contribution in [0.1, 0.15) is 67.1 Å². The Morgan fingerprint density at radius 3 is 2.00 bits per heavy atom. The summed E-state index contributed by atoms with van der Waals surface area (Å²) in [5.41, 5.74) is 6.34. The monoisotopic (exact) mass is 334 g/mol. The molecule has 2 aliphatic carbocycles. The largest absolute Gasteiger partial charge is 0.0835 e. The van der Waals surface area contributed by atoms with Gasteiger partial charge in [0.2, 0.25) is 0 Å². The predicted octanol–water partition coefficient (Wildman–Crippen LogP) is 5.86. The number of halogens is 1. The van der Waals surface area contributed by atoms with Crippen LogP contribution < -0.4 is 0 Å². The molecule has 2 saturated carbocycles. The maximum Gasteiger partial charge on any atom is 0.0434 e. The van der Waals surface area contributed by atoms with E-state index in [0.29, 0.717) is 4.83 Å². The molecule has 0 saturated heterocycles. The van der Waals surface area contributed by atoms with Crippen LogP contribution in [0, 0.1) is 17.8 Å². The highest BCUT2D eigenvalue weighted by atomic mass is 79.9. The van der Waals surface area contributed by atoms with Crippen LogP contribution in [0.25, 0.3) is 0 Å². The highest BCUT2D eigenvalue weighted by Crippen LogP contribution is 2.64. The molecule has 20 heavy (non-hydrogen) atoms. The highest BCUT2D eigenvalue weighted by Gasteiger charge is 2.55. The van der Waals surface area contributed by atoms with Gasteiger partial charge >= 0.3 is 0 Å². The van der Waals surface area contributed by atoms with Gasteiger partial charge in [0, 0.05) is 4.83 Å². The third kappa shape index (κ3) is 2.36. The van der Waals surface area contributed by atoms with E-state index in [1.807, 2.05) is 0 Å². The molecule has 0 bridgehead atoms.